The van der Waals surface area contributed by atoms with Gasteiger partial charge in [-0.25, -0.2) is 0 Å². The smallest absolute Gasteiger partial charge is 0.313 e. The zero-order chi connectivity index (χ0) is 12.2. The molecule has 1 rings (SSSR count). The fourth-order valence-corrected chi connectivity index (χ4v) is 1.87. The summed E-state index contributed by atoms with van der Waals surface area (Å²) in [4.78, 5) is 15.8. The minimum atomic E-state index is -0.632. The summed E-state index contributed by atoms with van der Waals surface area (Å²) in [5, 5.41) is 3.13. The van der Waals surface area contributed by atoms with Crippen LogP contribution in [0.2, 0.25) is 0 Å². The van der Waals surface area contributed by atoms with E-state index in [9.17, 15) is 4.79 Å². The van der Waals surface area contributed by atoms with Crippen LogP contribution >= 0.6 is 0 Å². The summed E-state index contributed by atoms with van der Waals surface area (Å²) in [5.41, 5.74) is 0.340. The molecule has 0 spiro atoms. The number of hydrogen-bond donors (Lipinski definition) is 1. The third kappa shape index (κ3) is 2.39. The van der Waals surface area contributed by atoms with Crippen molar-refractivity contribution in [3.63, 3.8) is 0 Å². The summed E-state index contributed by atoms with van der Waals surface area (Å²) in [6.45, 7) is 3.71. The van der Waals surface area contributed by atoms with Gasteiger partial charge in [-0.2, -0.15) is 0 Å². The van der Waals surface area contributed by atoms with Crippen LogP contribution in [0.15, 0.2) is 24.5 Å². The second kappa shape index (κ2) is 5.07. The molecule has 0 amide bonds. The van der Waals surface area contributed by atoms with Crippen LogP contribution in [0.25, 0.3) is 0 Å². The lowest BCUT2D eigenvalue weighted by Crippen LogP contribution is -2.39. The summed E-state index contributed by atoms with van der Waals surface area (Å²) in [7, 11) is 3.22. The minimum absolute atomic E-state index is 0.117. The van der Waals surface area contributed by atoms with Crippen LogP contribution < -0.4 is 5.32 Å². The van der Waals surface area contributed by atoms with E-state index >= 15 is 0 Å². The minimum Gasteiger partial charge on any atom is -0.469 e. The summed E-state index contributed by atoms with van der Waals surface area (Å²) >= 11 is 0. The number of nitrogens with one attached hydrogen (secondary N) is 1. The van der Waals surface area contributed by atoms with Crippen molar-refractivity contribution in [3.05, 3.63) is 30.1 Å². The molecular formula is C12H18N2O2. The molecule has 0 aromatic carbocycles. The molecule has 0 aliphatic carbocycles. The van der Waals surface area contributed by atoms with Gasteiger partial charge in [-0.1, -0.05) is 6.07 Å². The Morgan fingerprint density at radius 1 is 1.56 bits per heavy atom. The van der Waals surface area contributed by atoms with E-state index in [4.69, 9.17) is 4.74 Å². The topological polar surface area (TPSA) is 51.2 Å². The first-order valence-corrected chi connectivity index (χ1v) is 5.19. The lowest BCUT2D eigenvalue weighted by Gasteiger charge is -2.31. The third-order valence-electron chi connectivity index (χ3n) is 2.74. The van der Waals surface area contributed by atoms with Gasteiger partial charge in [0.15, 0.2) is 0 Å². The van der Waals surface area contributed by atoms with Crippen LogP contribution in [0.4, 0.5) is 0 Å². The molecule has 4 nitrogen and oxygen atoms in total. The number of carbonyl (C=O) groups is 1. The molecule has 16 heavy (non-hydrogen) atoms. The maximum absolute atomic E-state index is 11.7. The maximum Gasteiger partial charge on any atom is 0.313 e. The zero-order valence-corrected chi connectivity index (χ0v) is 10.2. The van der Waals surface area contributed by atoms with Crippen LogP contribution in [-0.4, -0.2) is 25.1 Å². The summed E-state index contributed by atoms with van der Waals surface area (Å²) in [5.74, 6) is -0.240. The Bertz CT molecular complexity index is 349. The van der Waals surface area contributed by atoms with Crippen molar-refractivity contribution >= 4 is 5.97 Å². The van der Waals surface area contributed by atoms with Gasteiger partial charge in [-0.15, -0.1) is 0 Å². The number of ether oxygens (including phenoxy) is 1. The second-order valence-corrected chi connectivity index (χ2v) is 4.22. The largest absolute Gasteiger partial charge is 0.469 e. The predicted octanol–water partition coefficient (Wildman–Crippen LogP) is 1.54. The van der Waals surface area contributed by atoms with E-state index in [1.54, 1.807) is 12.4 Å². The Hall–Kier alpha value is -1.42. The molecule has 1 aromatic rings. The van der Waals surface area contributed by atoms with Crippen LogP contribution in [0.5, 0.6) is 0 Å². The highest BCUT2D eigenvalue weighted by Gasteiger charge is 2.38. The normalized spacial score (nSPS) is 13.2. The van der Waals surface area contributed by atoms with Crippen molar-refractivity contribution in [2.75, 3.05) is 14.2 Å². The van der Waals surface area contributed by atoms with Gasteiger partial charge in [-0.05, 0) is 32.5 Å². The highest BCUT2D eigenvalue weighted by atomic mass is 16.5. The van der Waals surface area contributed by atoms with E-state index in [-0.39, 0.29) is 12.0 Å². The zero-order valence-electron chi connectivity index (χ0n) is 10.2. The van der Waals surface area contributed by atoms with Gasteiger partial charge in [0.25, 0.3) is 0 Å². The molecule has 0 radical (unpaired) electrons. The average molecular weight is 222 g/mol. The van der Waals surface area contributed by atoms with E-state index in [1.807, 2.05) is 33.0 Å². The lowest BCUT2D eigenvalue weighted by atomic mass is 9.81. The number of methoxy groups -OCH3 is 1. The molecule has 88 valence electrons. The van der Waals surface area contributed by atoms with Crippen LogP contribution in [0.1, 0.15) is 25.5 Å². The molecule has 0 bridgehead atoms. The molecule has 0 saturated carbocycles. The van der Waals surface area contributed by atoms with Gasteiger partial charge < -0.3 is 10.1 Å². The van der Waals surface area contributed by atoms with Crippen molar-refractivity contribution < 1.29 is 9.53 Å². The van der Waals surface area contributed by atoms with E-state index in [2.05, 4.69) is 10.3 Å². The summed E-state index contributed by atoms with van der Waals surface area (Å²) in [6.07, 6.45) is 3.47. The molecule has 1 N–H and O–H groups in total. The van der Waals surface area contributed by atoms with Gasteiger partial charge in [0.2, 0.25) is 0 Å². The molecular weight excluding hydrogens is 204 g/mol. The molecule has 1 heterocycles. The Kier molecular flexibility index (Phi) is 4.01. The van der Waals surface area contributed by atoms with E-state index in [0.29, 0.717) is 0 Å². The first kappa shape index (κ1) is 12.6. The highest BCUT2D eigenvalue weighted by molar-refractivity contribution is 5.77. The first-order chi connectivity index (χ1) is 7.54. The fraction of sp³-hybridized carbons (Fsp3) is 0.500. The maximum atomic E-state index is 11.7. The summed E-state index contributed by atoms with van der Waals surface area (Å²) < 4.78 is 4.82. The monoisotopic (exact) mass is 222 g/mol. The molecule has 0 aliphatic heterocycles. The fourth-order valence-electron chi connectivity index (χ4n) is 1.87. The number of esters is 1. The molecule has 1 atom stereocenters. The second-order valence-electron chi connectivity index (χ2n) is 4.22. The van der Waals surface area contributed by atoms with Crippen molar-refractivity contribution in [2.24, 2.45) is 5.41 Å². The number of aromatic nitrogens is 1. The SMILES string of the molecule is CNC(c1cccnc1)C(C)(C)C(=O)OC. The molecule has 0 aliphatic rings. The van der Waals surface area contributed by atoms with Gasteiger partial charge >= 0.3 is 5.97 Å². The van der Waals surface area contributed by atoms with Crippen molar-refractivity contribution in [3.8, 4) is 0 Å². The third-order valence-corrected chi connectivity index (χ3v) is 2.74. The van der Waals surface area contributed by atoms with Gasteiger partial charge in [-0.3, -0.25) is 9.78 Å². The number of pyridine rings is 1. The highest BCUT2D eigenvalue weighted by Crippen LogP contribution is 2.33. The number of nitrogens with zero attached hydrogens (tertiary/aromatic N) is 1. The lowest BCUT2D eigenvalue weighted by molar-refractivity contribution is -0.152. The number of hydrogen-bond acceptors (Lipinski definition) is 4. The predicted molar refractivity (Wildman–Crippen MR) is 61.8 cm³/mol. The quantitative estimate of drug-likeness (QED) is 0.785. The molecule has 0 fully saturated rings. The standard InChI is InChI=1S/C12H18N2O2/c1-12(2,11(15)16-4)10(13-3)9-6-5-7-14-8-9/h5-8,10,13H,1-4H3. The Morgan fingerprint density at radius 3 is 2.69 bits per heavy atom. The summed E-state index contributed by atoms with van der Waals surface area (Å²) in [6, 6.07) is 3.68. The molecule has 1 aromatic heterocycles. The van der Waals surface area contributed by atoms with Crippen molar-refractivity contribution in [2.45, 2.75) is 19.9 Å². The Morgan fingerprint density at radius 2 is 2.25 bits per heavy atom. The van der Waals surface area contributed by atoms with Gasteiger partial charge in [0.1, 0.15) is 0 Å². The van der Waals surface area contributed by atoms with Gasteiger partial charge in [0.05, 0.1) is 12.5 Å². The van der Waals surface area contributed by atoms with E-state index in [0.717, 1.165) is 5.56 Å². The Balaban J connectivity index is 3.03. The van der Waals surface area contributed by atoms with Crippen LogP contribution in [0, 0.1) is 5.41 Å². The van der Waals surface area contributed by atoms with Gasteiger partial charge in [0, 0.05) is 18.4 Å². The average Bonchev–Trinajstić information content (AvgIpc) is 2.30. The van der Waals surface area contributed by atoms with Crippen molar-refractivity contribution in [1.82, 2.24) is 10.3 Å². The molecule has 0 saturated heterocycles. The molecule has 4 heteroatoms. The van der Waals surface area contributed by atoms with E-state index in [1.165, 1.54) is 7.11 Å². The Labute approximate surface area is 96.0 Å². The first-order valence-electron chi connectivity index (χ1n) is 5.19. The molecule has 1 unspecified atom stereocenters. The number of carbonyl (C=O) groups excluding carboxylic acids is 1. The van der Waals surface area contributed by atoms with Crippen LogP contribution in [-0.2, 0) is 9.53 Å². The van der Waals surface area contributed by atoms with E-state index < -0.39 is 5.41 Å². The number of rotatable bonds is 4. The van der Waals surface area contributed by atoms with Crippen molar-refractivity contribution in [1.29, 1.82) is 0 Å². The van der Waals surface area contributed by atoms with Crippen LogP contribution in [0.3, 0.4) is 0 Å².